The molecule has 0 aliphatic heterocycles. The number of aryl methyl sites for hydroxylation is 2. The summed E-state index contributed by atoms with van der Waals surface area (Å²) in [5.74, 6) is 1.12. The van der Waals surface area contributed by atoms with Gasteiger partial charge in [-0.05, 0) is 76.3 Å². The largest absolute Gasteiger partial charge is 0.496 e. The van der Waals surface area contributed by atoms with Crippen molar-refractivity contribution in [3.8, 4) is 11.5 Å². The molecular weight excluding hydrogens is 384 g/mol. The Morgan fingerprint density at radius 2 is 2.00 bits per heavy atom. The van der Waals surface area contributed by atoms with Gasteiger partial charge in [0, 0.05) is 0 Å². The van der Waals surface area contributed by atoms with Crippen molar-refractivity contribution in [2.24, 2.45) is 5.10 Å². The van der Waals surface area contributed by atoms with Crippen molar-refractivity contribution in [3.05, 3.63) is 57.6 Å². The molecule has 5 nitrogen and oxygen atoms in total. The molecule has 1 amide bonds. The molecule has 25 heavy (non-hydrogen) atoms. The first kappa shape index (κ1) is 19.0. The Hall–Kier alpha value is -2.34. The summed E-state index contributed by atoms with van der Waals surface area (Å²) < 4.78 is 11.5. The Balaban J connectivity index is 1.85. The van der Waals surface area contributed by atoms with Gasteiger partial charge in [-0.1, -0.05) is 13.0 Å². The van der Waals surface area contributed by atoms with Gasteiger partial charge in [-0.3, -0.25) is 4.79 Å². The molecule has 0 saturated carbocycles. The van der Waals surface area contributed by atoms with Gasteiger partial charge in [-0.25, -0.2) is 5.43 Å². The highest BCUT2D eigenvalue weighted by molar-refractivity contribution is 9.10. The minimum absolute atomic E-state index is 0.108. The lowest BCUT2D eigenvalue weighted by Crippen LogP contribution is -2.24. The molecule has 0 radical (unpaired) electrons. The van der Waals surface area contributed by atoms with E-state index in [0.717, 1.165) is 27.8 Å². The van der Waals surface area contributed by atoms with Crippen molar-refractivity contribution in [2.45, 2.75) is 20.3 Å². The van der Waals surface area contributed by atoms with Crippen molar-refractivity contribution in [2.75, 3.05) is 13.7 Å². The van der Waals surface area contributed by atoms with Crippen LogP contribution in [-0.2, 0) is 11.2 Å². The van der Waals surface area contributed by atoms with E-state index in [2.05, 4.69) is 33.4 Å². The molecule has 0 bridgehead atoms. The molecule has 2 aromatic carbocycles. The zero-order valence-electron chi connectivity index (χ0n) is 14.5. The summed E-state index contributed by atoms with van der Waals surface area (Å²) >= 11 is 3.44. The number of ether oxygens (including phenoxy) is 2. The summed E-state index contributed by atoms with van der Waals surface area (Å²) in [6.45, 7) is 3.92. The smallest absolute Gasteiger partial charge is 0.277 e. The third-order valence-corrected chi connectivity index (χ3v) is 4.20. The van der Waals surface area contributed by atoms with Crippen molar-refractivity contribution >= 4 is 28.1 Å². The van der Waals surface area contributed by atoms with Crippen LogP contribution in [0, 0.1) is 6.92 Å². The Bertz CT molecular complexity index is 775. The summed E-state index contributed by atoms with van der Waals surface area (Å²) in [5, 5.41) is 3.94. The number of rotatable bonds is 7. The summed E-state index contributed by atoms with van der Waals surface area (Å²) in [6, 6.07) is 11.5. The number of amides is 1. The van der Waals surface area contributed by atoms with Crippen molar-refractivity contribution < 1.29 is 14.3 Å². The lowest BCUT2D eigenvalue weighted by atomic mass is 10.1. The first-order valence-electron chi connectivity index (χ1n) is 7.91. The van der Waals surface area contributed by atoms with E-state index in [4.69, 9.17) is 9.47 Å². The molecule has 0 spiro atoms. The van der Waals surface area contributed by atoms with Crippen LogP contribution in [0.5, 0.6) is 11.5 Å². The van der Waals surface area contributed by atoms with Crippen molar-refractivity contribution in [1.82, 2.24) is 5.43 Å². The molecule has 132 valence electrons. The molecule has 0 unspecified atom stereocenters. The van der Waals surface area contributed by atoms with Gasteiger partial charge < -0.3 is 9.47 Å². The summed E-state index contributed by atoms with van der Waals surface area (Å²) in [4.78, 5) is 11.8. The monoisotopic (exact) mass is 404 g/mol. The van der Waals surface area contributed by atoms with Crippen LogP contribution < -0.4 is 14.9 Å². The Morgan fingerprint density at radius 3 is 2.64 bits per heavy atom. The predicted molar refractivity (Wildman–Crippen MR) is 102 cm³/mol. The molecule has 0 aliphatic carbocycles. The van der Waals surface area contributed by atoms with E-state index in [9.17, 15) is 4.79 Å². The molecule has 1 N–H and O–H groups in total. The SMILES string of the molecule is CCc1ccc(OCC(=O)NN=Cc2ccc(OC)c(C)c2)c(Br)c1. The molecule has 0 aromatic heterocycles. The number of halogens is 1. The Kier molecular flexibility index (Phi) is 7.01. The van der Waals surface area contributed by atoms with E-state index in [-0.39, 0.29) is 12.5 Å². The molecule has 0 heterocycles. The van der Waals surface area contributed by atoms with Gasteiger partial charge >= 0.3 is 0 Å². The van der Waals surface area contributed by atoms with E-state index < -0.39 is 0 Å². The fraction of sp³-hybridized carbons (Fsp3) is 0.263. The second-order valence-corrected chi connectivity index (χ2v) is 6.28. The molecule has 0 aliphatic rings. The van der Waals surface area contributed by atoms with Crippen LogP contribution in [0.3, 0.4) is 0 Å². The number of carbonyl (C=O) groups excluding carboxylic acids is 1. The van der Waals surface area contributed by atoms with E-state index in [1.54, 1.807) is 13.3 Å². The van der Waals surface area contributed by atoms with E-state index in [1.165, 1.54) is 5.56 Å². The number of hydrazone groups is 1. The fourth-order valence-electron chi connectivity index (χ4n) is 2.22. The minimum atomic E-state index is -0.326. The first-order chi connectivity index (χ1) is 12.0. The number of hydrogen-bond donors (Lipinski definition) is 1. The zero-order valence-corrected chi connectivity index (χ0v) is 16.1. The number of methoxy groups -OCH3 is 1. The predicted octanol–water partition coefficient (Wildman–Crippen LogP) is 3.86. The number of benzene rings is 2. The highest BCUT2D eigenvalue weighted by Crippen LogP contribution is 2.26. The first-order valence-corrected chi connectivity index (χ1v) is 8.70. The molecule has 6 heteroatoms. The number of nitrogens with zero attached hydrogens (tertiary/aromatic N) is 1. The average Bonchev–Trinajstić information content (AvgIpc) is 2.60. The highest BCUT2D eigenvalue weighted by Gasteiger charge is 2.05. The maximum atomic E-state index is 11.8. The molecule has 2 aromatic rings. The van der Waals surface area contributed by atoms with Crippen LogP contribution >= 0.6 is 15.9 Å². The highest BCUT2D eigenvalue weighted by atomic mass is 79.9. The fourth-order valence-corrected chi connectivity index (χ4v) is 2.76. The van der Waals surface area contributed by atoms with Gasteiger partial charge in [-0.15, -0.1) is 0 Å². The molecule has 0 fully saturated rings. The average molecular weight is 405 g/mol. The summed E-state index contributed by atoms with van der Waals surface area (Å²) in [6.07, 6.45) is 2.52. The lowest BCUT2D eigenvalue weighted by Gasteiger charge is -2.08. The normalized spacial score (nSPS) is 10.7. The van der Waals surface area contributed by atoms with Crippen LogP contribution in [-0.4, -0.2) is 25.8 Å². The Morgan fingerprint density at radius 1 is 1.24 bits per heavy atom. The Labute approximate surface area is 156 Å². The van der Waals surface area contributed by atoms with Gasteiger partial charge in [0.05, 0.1) is 17.8 Å². The number of nitrogens with one attached hydrogen (secondary N) is 1. The number of hydrogen-bond acceptors (Lipinski definition) is 4. The van der Waals surface area contributed by atoms with Crippen molar-refractivity contribution in [3.63, 3.8) is 0 Å². The minimum Gasteiger partial charge on any atom is -0.496 e. The van der Waals surface area contributed by atoms with Gasteiger partial charge in [-0.2, -0.15) is 5.10 Å². The van der Waals surface area contributed by atoms with Gasteiger partial charge in [0.25, 0.3) is 5.91 Å². The second kappa shape index (κ2) is 9.22. The molecular formula is C19H21BrN2O3. The van der Waals surface area contributed by atoms with Gasteiger partial charge in [0.1, 0.15) is 11.5 Å². The summed E-state index contributed by atoms with van der Waals surface area (Å²) in [7, 11) is 1.63. The topological polar surface area (TPSA) is 59.9 Å². The standard InChI is InChI=1S/C19H21BrN2O3/c1-4-14-5-8-18(16(20)10-14)25-12-19(23)22-21-11-15-6-7-17(24-3)13(2)9-15/h5-11H,4,12H2,1-3H3,(H,22,23). The summed E-state index contributed by atoms with van der Waals surface area (Å²) in [5.41, 5.74) is 5.52. The van der Waals surface area contributed by atoms with E-state index >= 15 is 0 Å². The van der Waals surface area contributed by atoms with Crippen LogP contribution in [0.25, 0.3) is 0 Å². The lowest BCUT2D eigenvalue weighted by molar-refractivity contribution is -0.123. The van der Waals surface area contributed by atoms with Crippen molar-refractivity contribution in [1.29, 1.82) is 0 Å². The maximum absolute atomic E-state index is 11.8. The van der Waals surface area contributed by atoms with E-state index in [0.29, 0.717) is 5.75 Å². The van der Waals surface area contributed by atoms with Crippen LogP contribution in [0.1, 0.15) is 23.6 Å². The molecule has 2 rings (SSSR count). The van der Waals surface area contributed by atoms with Gasteiger partial charge in [0.2, 0.25) is 0 Å². The quantitative estimate of drug-likeness (QED) is 0.562. The third-order valence-electron chi connectivity index (χ3n) is 3.59. The second-order valence-electron chi connectivity index (χ2n) is 5.43. The number of carbonyl (C=O) groups is 1. The van der Waals surface area contributed by atoms with Gasteiger partial charge in [0.15, 0.2) is 6.61 Å². The third kappa shape index (κ3) is 5.60. The van der Waals surface area contributed by atoms with Crippen LogP contribution in [0.4, 0.5) is 0 Å². The van der Waals surface area contributed by atoms with Crippen LogP contribution in [0.2, 0.25) is 0 Å². The van der Waals surface area contributed by atoms with Crippen LogP contribution in [0.15, 0.2) is 46.0 Å². The van der Waals surface area contributed by atoms with E-state index in [1.807, 2.05) is 43.3 Å². The zero-order chi connectivity index (χ0) is 18.2. The molecule has 0 atom stereocenters. The maximum Gasteiger partial charge on any atom is 0.277 e. The molecule has 0 saturated heterocycles.